The van der Waals surface area contributed by atoms with Crippen LogP contribution in [0.15, 0.2) is 70.3 Å². The summed E-state index contributed by atoms with van der Waals surface area (Å²) in [5, 5.41) is 7.24. The van der Waals surface area contributed by atoms with E-state index in [4.69, 9.17) is 28.1 Å². The molecule has 1 N–H and O–H groups in total. The molecule has 46 heavy (non-hydrogen) atoms. The lowest BCUT2D eigenvalue weighted by Crippen LogP contribution is -2.41. The summed E-state index contributed by atoms with van der Waals surface area (Å²) >= 11 is 0. The van der Waals surface area contributed by atoms with Gasteiger partial charge in [-0.15, -0.1) is 0 Å². The van der Waals surface area contributed by atoms with Crippen molar-refractivity contribution in [2.24, 2.45) is 0 Å². The number of oxazole rings is 1. The van der Waals surface area contributed by atoms with Crippen molar-refractivity contribution in [3.8, 4) is 22.7 Å². The predicted molar refractivity (Wildman–Crippen MR) is 169 cm³/mol. The van der Waals surface area contributed by atoms with E-state index in [0.717, 1.165) is 6.04 Å². The van der Waals surface area contributed by atoms with Gasteiger partial charge in [-0.2, -0.15) is 0 Å². The first-order valence-electron chi connectivity index (χ1n) is 15.7. The second kappa shape index (κ2) is 13.4. The fourth-order valence-electron chi connectivity index (χ4n) is 5.95. The third-order valence-corrected chi connectivity index (χ3v) is 10.1. The van der Waals surface area contributed by atoms with E-state index in [1.165, 1.54) is 24.8 Å². The molecule has 0 spiro atoms. The van der Waals surface area contributed by atoms with Crippen molar-refractivity contribution < 1.29 is 32.3 Å². The number of nitrogens with zero attached hydrogens (tertiary/aromatic N) is 4. The molecule has 1 amide bonds. The molecule has 0 aliphatic carbocycles. The number of carbonyl (C=O) groups is 1. The molecule has 5 heterocycles. The number of hydrogen-bond donors (Lipinski definition) is 1. The van der Waals surface area contributed by atoms with E-state index in [2.05, 4.69) is 41.2 Å². The SMILES string of the molecule is C[Si](C)(C)CCOCn1c(-c2ccc(-c3ncco3)cc2F)cnc1C1(CC=CCCC2(c3ccon3)OCCO2)CCC(=O)N1. The van der Waals surface area contributed by atoms with Crippen LogP contribution in [0.25, 0.3) is 22.7 Å². The minimum absolute atomic E-state index is 0.0524. The highest BCUT2D eigenvalue weighted by atomic mass is 28.3. The Kier molecular flexibility index (Phi) is 9.36. The van der Waals surface area contributed by atoms with Crippen LogP contribution in [-0.2, 0) is 37.1 Å². The number of aromatic nitrogens is 4. The Labute approximate surface area is 268 Å². The van der Waals surface area contributed by atoms with Crippen LogP contribution in [0, 0.1) is 5.82 Å². The van der Waals surface area contributed by atoms with Gasteiger partial charge in [0.15, 0.2) is 0 Å². The Morgan fingerprint density at radius 3 is 2.65 bits per heavy atom. The zero-order chi connectivity index (χ0) is 32.2. The summed E-state index contributed by atoms with van der Waals surface area (Å²) in [6.07, 6.45) is 12.9. The fraction of sp³-hybridized carbons (Fsp3) is 0.455. The summed E-state index contributed by atoms with van der Waals surface area (Å²) in [7, 11) is -1.34. The summed E-state index contributed by atoms with van der Waals surface area (Å²) in [5.74, 6) is -0.451. The lowest BCUT2D eigenvalue weighted by Gasteiger charge is -2.29. The molecule has 4 aromatic rings. The second-order valence-corrected chi connectivity index (χ2v) is 18.6. The Balaban J connectivity index is 1.26. The number of ether oxygens (including phenoxy) is 3. The van der Waals surface area contributed by atoms with Crippen LogP contribution in [0.5, 0.6) is 0 Å². The summed E-state index contributed by atoms with van der Waals surface area (Å²) in [6.45, 7) is 8.61. The maximum atomic E-state index is 15.7. The number of benzene rings is 1. The molecule has 1 atom stereocenters. The Hall–Kier alpha value is -3.91. The first kappa shape index (κ1) is 32.0. The quantitative estimate of drug-likeness (QED) is 0.0941. The van der Waals surface area contributed by atoms with Crippen LogP contribution in [0.1, 0.15) is 43.6 Å². The van der Waals surface area contributed by atoms with Crippen molar-refractivity contribution in [3.63, 3.8) is 0 Å². The van der Waals surface area contributed by atoms with E-state index >= 15 is 4.39 Å². The maximum Gasteiger partial charge on any atom is 0.225 e. The number of allylic oxidation sites excluding steroid dienone is 1. The Bertz CT molecular complexity index is 1640. The van der Waals surface area contributed by atoms with Crippen LogP contribution in [0.3, 0.4) is 0 Å². The Morgan fingerprint density at radius 1 is 1.13 bits per heavy atom. The van der Waals surface area contributed by atoms with Crippen LogP contribution < -0.4 is 5.32 Å². The van der Waals surface area contributed by atoms with E-state index in [9.17, 15) is 4.79 Å². The smallest absolute Gasteiger partial charge is 0.225 e. The van der Waals surface area contributed by atoms with Crippen molar-refractivity contribution in [2.75, 3.05) is 19.8 Å². The zero-order valence-electron chi connectivity index (χ0n) is 26.5. The van der Waals surface area contributed by atoms with E-state index < -0.39 is 25.2 Å². The molecular formula is C33H40FN5O6Si. The van der Waals surface area contributed by atoms with Gasteiger partial charge in [-0.3, -0.25) is 4.79 Å². The van der Waals surface area contributed by atoms with Gasteiger partial charge in [-0.25, -0.2) is 14.4 Å². The molecule has 6 rings (SSSR count). The minimum Gasteiger partial charge on any atom is -0.445 e. The third kappa shape index (κ3) is 6.92. The van der Waals surface area contributed by atoms with Gasteiger partial charge in [0.05, 0.1) is 31.3 Å². The molecule has 2 saturated heterocycles. The van der Waals surface area contributed by atoms with Gasteiger partial charge in [0.25, 0.3) is 0 Å². The van der Waals surface area contributed by atoms with E-state index in [-0.39, 0.29) is 12.6 Å². The lowest BCUT2D eigenvalue weighted by molar-refractivity contribution is -0.174. The first-order chi connectivity index (χ1) is 22.2. The maximum absolute atomic E-state index is 15.7. The average Bonchev–Trinajstić information content (AvgIpc) is 3.86. The van der Waals surface area contributed by atoms with Gasteiger partial charge in [0.1, 0.15) is 42.1 Å². The van der Waals surface area contributed by atoms with Crippen molar-refractivity contribution in [2.45, 2.75) is 75.8 Å². The molecule has 0 bridgehead atoms. The van der Waals surface area contributed by atoms with Crippen LogP contribution >= 0.6 is 0 Å². The number of carbonyl (C=O) groups excluding carboxylic acids is 1. The highest BCUT2D eigenvalue weighted by Gasteiger charge is 2.43. The zero-order valence-corrected chi connectivity index (χ0v) is 27.5. The molecule has 0 saturated carbocycles. The number of rotatable bonds is 14. The number of amides is 1. The topological polar surface area (TPSA) is 127 Å². The number of imidazole rings is 1. The predicted octanol–water partition coefficient (Wildman–Crippen LogP) is 6.38. The molecule has 1 unspecified atom stereocenters. The molecule has 244 valence electrons. The lowest BCUT2D eigenvalue weighted by atomic mass is 9.91. The molecule has 13 heteroatoms. The minimum atomic E-state index is -1.34. The van der Waals surface area contributed by atoms with Crippen LogP contribution in [0.4, 0.5) is 4.39 Å². The molecular weight excluding hydrogens is 609 g/mol. The van der Waals surface area contributed by atoms with Gasteiger partial charge in [0.2, 0.25) is 17.6 Å². The van der Waals surface area contributed by atoms with Gasteiger partial charge < -0.3 is 33.0 Å². The number of nitrogens with one attached hydrogen (secondary N) is 1. The van der Waals surface area contributed by atoms with Crippen LogP contribution in [0.2, 0.25) is 25.7 Å². The van der Waals surface area contributed by atoms with E-state index in [0.29, 0.717) is 86.2 Å². The highest BCUT2D eigenvalue weighted by Crippen LogP contribution is 2.39. The van der Waals surface area contributed by atoms with Crippen molar-refractivity contribution in [1.82, 2.24) is 25.0 Å². The molecule has 2 fully saturated rings. The molecule has 0 radical (unpaired) electrons. The van der Waals surface area contributed by atoms with Crippen LogP contribution in [-0.4, -0.2) is 53.5 Å². The van der Waals surface area contributed by atoms with Gasteiger partial charge in [0, 0.05) is 44.7 Å². The number of hydrogen-bond acceptors (Lipinski definition) is 9. The highest BCUT2D eigenvalue weighted by molar-refractivity contribution is 6.76. The number of halogens is 1. The Morgan fingerprint density at radius 2 is 1.98 bits per heavy atom. The second-order valence-electron chi connectivity index (χ2n) is 13.0. The summed E-state index contributed by atoms with van der Waals surface area (Å²) in [4.78, 5) is 21.7. The average molecular weight is 650 g/mol. The largest absolute Gasteiger partial charge is 0.445 e. The summed E-state index contributed by atoms with van der Waals surface area (Å²) in [5.41, 5.74) is 1.29. The molecule has 2 aliphatic rings. The van der Waals surface area contributed by atoms with Gasteiger partial charge in [-0.05, 0) is 43.5 Å². The van der Waals surface area contributed by atoms with Gasteiger partial charge in [-0.1, -0.05) is 36.9 Å². The van der Waals surface area contributed by atoms with E-state index in [1.807, 2.05) is 10.6 Å². The molecule has 2 aliphatic heterocycles. The molecule has 11 nitrogen and oxygen atoms in total. The standard InChI is InChI=1S/C33H40FN5O6Si/c1-46(2,3)20-19-41-23-39-27(25-8-7-24(21-26(25)34)30-35-14-16-42-30)22-36-31(39)32(13-9-29(40)37-32)11-5-4-6-12-33(43-17-18-44-33)28-10-15-45-38-28/h4-5,7-8,10,14-16,21-22H,6,9,11-13,17-20,23H2,1-3H3,(H,37,40). The normalized spacial score (nSPS) is 19.8. The monoisotopic (exact) mass is 649 g/mol. The van der Waals surface area contributed by atoms with Crippen molar-refractivity contribution >= 4 is 14.0 Å². The molecule has 1 aromatic carbocycles. The van der Waals surface area contributed by atoms with Gasteiger partial charge >= 0.3 is 0 Å². The molecule has 3 aromatic heterocycles. The van der Waals surface area contributed by atoms with Crippen molar-refractivity contribution in [1.29, 1.82) is 0 Å². The third-order valence-electron chi connectivity index (χ3n) is 8.44. The fourth-order valence-corrected chi connectivity index (χ4v) is 6.71. The van der Waals surface area contributed by atoms with Crippen molar-refractivity contribution in [3.05, 3.63) is 78.7 Å². The summed E-state index contributed by atoms with van der Waals surface area (Å²) in [6, 6.07) is 7.62. The van der Waals surface area contributed by atoms with E-state index in [1.54, 1.807) is 24.4 Å². The first-order valence-corrected chi connectivity index (χ1v) is 19.4. The summed E-state index contributed by atoms with van der Waals surface area (Å²) < 4.78 is 46.0.